The third-order valence-electron chi connectivity index (χ3n) is 4.01. The lowest BCUT2D eigenvalue weighted by molar-refractivity contribution is -0.137. The van der Waals surface area contributed by atoms with Gasteiger partial charge in [-0.05, 0) is 37.5 Å². The summed E-state index contributed by atoms with van der Waals surface area (Å²) in [7, 11) is 0. The maximum atomic E-state index is 12.1. The van der Waals surface area contributed by atoms with E-state index >= 15 is 0 Å². The Morgan fingerprint density at radius 2 is 2.00 bits per heavy atom. The van der Waals surface area contributed by atoms with Gasteiger partial charge in [0.1, 0.15) is 0 Å². The number of hydrogen-bond donors (Lipinski definition) is 2. The van der Waals surface area contributed by atoms with Gasteiger partial charge in [0.15, 0.2) is 0 Å². The first kappa shape index (κ1) is 16.0. The van der Waals surface area contributed by atoms with Gasteiger partial charge in [0, 0.05) is 19.5 Å². The Balaban J connectivity index is 2.46. The molecule has 110 valence electrons. The monoisotopic (exact) mass is 270 g/mol. The summed E-state index contributed by atoms with van der Waals surface area (Å²) in [6.45, 7) is 5.95. The highest BCUT2D eigenvalue weighted by atomic mass is 16.4. The smallest absolute Gasteiger partial charge is 0.303 e. The molecule has 5 heteroatoms. The normalized spacial score (nSPS) is 22.1. The van der Waals surface area contributed by atoms with Crippen LogP contribution in [-0.4, -0.2) is 41.0 Å². The van der Waals surface area contributed by atoms with E-state index in [0.29, 0.717) is 11.8 Å². The number of carbonyl (C=O) groups is 2. The quantitative estimate of drug-likeness (QED) is 0.792. The molecular weight excluding hydrogens is 244 g/mol. The number of nitrogens with two attached hydrogens (primary N) is 1. The zero-order chi connectivity index (χ0) is 14.4. The van der Waals surface area contributed by atoms with Gasteiger partial charge in [0.2, 0.25) is 5.91 Å². The van der Waals surface area contributed by atoms with E-state index < -0.39 is 12.0 Å². The van der Waals surface area contributed by atoms with Crippen LogP contribution in [0.1, 0.15) is 46.0 Å². The van der Waals surface area contributed by atoms with Crippen LogP contribution in [0.25, 0.3) is 0 Å². The SMILES string of the molecule is CC(C)C1CCCN(C(=O)C(N)CCC(=O)O)CC1. The van der Waals surface area contributed by atoms with E-state index in [1.165, 1.54) is 0 Å². The number of carbonyl (C=O) groups excluding carboxylic acids is 1. The molecule has 0 aromatic carbocycles. The summed E-state index contributed by atoms with van der Waals surface area (Å²) in [4.78, 5) is 24.5. The van der Waals surface area contributed by atoms with Crippen LogP contribution in [-0.2, 0) is 9.59 Å². The molecule has 1 amide bonds. The van der Waals surface area contributed by atoms with Crippen LogP contribution in [0.5, 0.6) is 0 Å². The molecule has 0 bridgehead atoms. The Hall–Kier alpha value is -1.10. The Morgan fingerprint density at radius 1 is 1.32 bits per heavy atom. The molecule has 0 saturated carbocycles. The average molecular weight is 270 g/mol. The fourth-order valence-corrected chi connectivity index (χ4v) is 2.65. The molecule has 1 rings (SSSR count). The van der Waals surface area contributed by atoms with Gasteiger partial charge in [0.05, 0.1) is 6.04 Å². The van der Waals surface area contributed by atoms with Crippen molar-refractivity contribution in [3.63, 3.8) is 0 Å². The number of rotatable bonds is 5. The summed E-state index contributed by atoms with van der Waals surface area (Å²) in [6.07, 6.45) is 3.37. The molecule has 1 aliphatic heterocycles. The minimum atomic E-state index is -0.904. The van der Waals surface area contributed by atoms with Gasteiger partial charge in [-0.3, -0.25) is 9.59 Å². The van der Waals surface area contributed by atoms with Crippen molar-refractivity contribution in [3.05, 3.63) is 0 Å². The van der Waals surface area contributed by atoms with Crippen LogP contribution in [0.3, 0.4) is 0 Å². The third kappa shape index (κ3) is 5.19. The summed E-state index contributed by atoms with van der Waals surface area (Å²) in [5, 5.41) is 8.61. The first-order valence-electron chi connectivity index (χ1n) is 7.18. The number of amides is 1. The predicted molar refractivity (Wildman–Crippen MR) is 73.6 cm³/mol. The van der Waals surface area contributed by atoms with Crippen LogP contribution in [0.2, 0.25) is 0 Å². The lowest BCUT2D eigenvalue weighted by Crippen LogP contribution is -2.44. The molecule has 5 nitrogen and oxygen atoms in total. The summed E-state index contributed by atoms with van der Waals surface area (Å²) in [5.41, 5.74) is 5.79. The van der Waals surface area contributed by atoms with Crippen LogP contribution in [0, 0.1) is 11.8 Å². The second-order valence-electron chi connectivity index (χ2n) is 5.80. The van der Waals surface area contributed by atoms with Gasteiger partial charge in [-0.15, -0.1) is 0 Å². The first-order chi connectivity index (χ1) is 8.91. The maximum Gasteiger partial charge on any atom is 0.303 e. The summed E-state index contributed by atoms with van der Waals surface area (Å²) < 4.78 is 0. The topological polar surface area (TPSA) is 83.6 Å². The van der Waals surface area contributed by atoms with Crippen LogP contribution >= 0.6 is 0 Å². The van der Waals surface area contributed by atoms with Crippen molar-refractivity contribution in [2.75, 3.05) is 13.1 Å². The van der Waals surface area contributed by atoms with E-state index in [-0.39, 0.29) is 18.7 Å². The standard InChI is InChI=1S/C14H26N2O3/c1-10(2)11-4-3-8-16(9-7-11)14(19)12(15)5-6-13(17)18/h10-12H,3-9,15H2,1-2H3,(H,17,18). The van der Waals surface area contributed by atoms with Crippen molar-refractivity contribution in [2.24, 2.45) is 17.6 Å². The third-order valence-corrected chi connectivity index (χ3v) is 4.01. The molecule has 0 aliphatic carbocycles. The van der Waals surface area contributed by atoms with Gasteiger partial charge in [-0.2, -0.15) is 0 Å². The number of aliphatic carboxylic acids is 1. The fraction of sp³-hybridized carbons (Fsp3) is 0.857. The number of carboxylic acid groups (broad SMARTS) is 1. The Bertz CT molecular complexity index is 318. The van der Waals surface area contributed by atoms with Gasteiger partial charge in [-0.1, -0.05) is 13.8 Å². The second kappa shape index (κ2) is 7.48. The number of hydrogen-bond acceptors (Lipinski definition) is 3. The summed E-state index contributed by atoms with van der Waals surface area (Å²) in [6, 6.07) is -0.674. The molecule has 2 atom stereocenters. The van der Waals surface area contributed by atoms with Crippen molar-refractivity contribution in [1.82, 2.24) is 4.90 Å². The van der Waals surface area contributed by atoms with E-state index in [4.69, 9.17) is 10.8 Å². The zero-order valence-electron chi connectivity index (χ0n) is 12.0. The molecule has 0 aromatic heterocycles. The number of likely N-dealkylation sites (tertiary alicyclic amines) is 1. The highest BCUT2D eigenvalue weighted by molar-refractivity contribution is 5.82. The molecule has 1 aliphatic rings. The van der Waals surface area contributed by atoms with Gasteiger partial charge >= 0.3 is 5.97 Å². The van der Waals surface area contributed by atoms with Crippen molar-refractivity contribution in [3.8, 4) is 0 Å². The summed E-state index contributed by atoms with van der Waals surface area (Å²) >= 11 is 0. The van der Waals surface area contributed by atoms with Gasteiger partial charge in [0.25, 0.3) is 0 Å². The van der Waals surface area contributed by atoms with Crippen LogP contribution in [0.4, 0.5) is 0 Å². The van der Waals surface area contributed by atoms with E-state index in [2.05, 4.69) is 13.8 Å². The molecule has 0 radical (unpaired) electrons. The number of carboxylic acids is 1. The predicted octanol–water partition coefficient (Wildman–Crippen LogP) is 1.46. The zero-order valence-corrected chi connectivity index (χ0v) is 12.0. The Labute approximate surface area is 115 Å². The fourth-order valence-electron chi connectivity index (χ4n) is 2.65. The Morgan fingerprint density at radius 3 is 2.58 bits per heavy atom. The molecule has 1 fully saturated rings. The highest BCUT2D eigenvalue weighted by Crippen LogP contribution is 2.24. The van der Waals surface area contributed by atoms with Gasteiger partial charge < -0.3 is 15.7 Å². The molecule has 3 N–H and O–H groups in total. The van der Waals surface area contributed by atoms with Gasteiger partial charge in [-0.25, -0.2) is 0 Å². The molecule has 1 saturated heterocycles. The van der Waals surface area contributed by atoms with Crippen LogP contribution in [0.15, 0.2) is 0 Å². The maximum absolute atomic E-state index is 12.1. The lowest BCUT2D eigenvalue weighted by atomic mass is 9.89. The molecule has 0 aromatic rings. The minimum absolute atomic E-state index is 0.0463. The molecule has 1 heterocycles. The largest absolute Gasteiger partial charge is 0.481 e. The lowest BCUT2D eigenvalue weighted by Gasteiger charge is -2.24. The van der Waals surface area contributed by atoms with E-state index in [1.807, 2.05) is 4.90 Å². The summed E-state index contributed by atoms with van der Waals surface area (Å²) in [5.74, 6) is 0.327. The molecule has 2 unspecified atom stereocenters. The van der Waals surface area contributed by atoms with Crippen molar-refractivity contribution in [2.45, 2.75) is 52.0 Å². The van der Waals surface area contributed by atoms with Crippen molar-refractivity contribution in [1.29, 1.82) is 0 Å². The first-order valence-corrected chi connectivity index (χ1v) is 7.18. The average Bonchev–Trinajstić information content (AvgIpc) is 2.60. The molecule has 19 heavy (non-hydrogen) atoms. The highest BCUT2D eigenvalue weighted by Gasteiger charge is 2.25. The molecule has 0 spiro atoms. The van der Waals surface area contributed by atoms with E-state index in [9.17, 15) is 9.59 Å². The molecular formula is C14H26N2O3. The van der Waals surface area contributed by atoms with E-state index in [1.54, 1.807) is 0 Å². The van der Waals surface area contributed by atoms with Crippen LogP contribution < -0.4 is 5.73 Å². The minimum Gasteiger partial charge on any atom is -0.481 e. The van der Waals surface area contributed by atoms with Crippen molar-refractivity contribution < 1.29 is 14.7 Å². The van der Waals surface area contributed by atoms with E-state index in [0.717, 1.165) is 32.4 Å². The van der Waals surface area contributed by atoms with Crippen molar-refractivity contribution >= 4 is 11.9 Å². The number of nitrogens with zero attached hydrogens (tertiary/aromatic N) is 1. The Kier molecular flexibility index (Phi) is 6.28. The second-order valence-corrected chi connectivity index (χ2v) is 5.80.